The smallest absolute Gasteiger partial charge is 0.254 e. The number of nitrogens with one attached hydrogen (secondary N) is 1. The number of benzene rings is 2. The molecule has 2 aromatic rings. The zero-order valence-corrected chi connectivity index (χ0v) is 16.0. The van der Waals surface area contributed by atoms with E-state index in [1.54, 1.807) is 36.1 Å². The summed E-state index contributed by atoms with van der Waals surface area (Å²) in [6.07, 6.45) is 0.405. The van der Waals surface area contributed by atoms with Crippen molar-refractivity contribution in [3.63, 3.8) is 0 Å². The highest BCUT2D eigenvalue weighted by Gasteiger charge is 2.15. The summed E-state index contributed by atoms with van der Waals surface area (Å²) in [5, 5.41) is 2.80. The molecule has 0 bridgehead atoms. The van der Waals surface area contributed by atoms with Crippen LogP contribution in [0.1, 0.15) is 36.2 Å². The molecular formula is C21H27N3O2. The molecule has 0 fully saturated rings. The lowest BCUT2D eigenvalue weighted by Gasteiger charge is -2.22. The van der Waals surface area contributed by atoms with Crippen molar-refractivity contribution in [3.05, 3.63) is 59.7 Å². The highest BCUT2D eigenvalue weighted by Crippen LogP contribution is 2.17. The van der Waals surface area contributed by atoms with Gasteiger partial charge in [0.2, 0.25) is 5.91 Å². The van der Waals surface area contributed by atoms with Gasteiger partial charge in [0.05, 0.1) is 0 Å². The lowest BCUT2D eigenvalue weighted by molar-refractivity contribution is -0.115. The molecule has 0 heterocycles. The van der Waals surface area contributed by atoms with Gasteiger partial charge in [-0.05, 0) is 42.8 Å². The van der Waals surface area contributed by atoms with E-state index in [4.69, 9.17) is 0 Å². The first-order valence-electron chi connectivity index (χ1n) is 8.90. The number of rotatable bonds is 7. The summed E-state index contributed by atoms with van der Waals surface area (Å²) >= 11 is 0. The SMILES string of the molecule is CCC(=O)Nc1cccc(C(=O)N(CC)Cc2ccc(N(C)C)cc2)c1. The Labute approximate surface area is 155 Å². The van der Waals surface area contributed by atoms with Crippen molar-refractivity contribution in [1.82, 2.24) is 4.90 Å². The maximum atomic E-state index is 12.9. The van der Waals surface area contributed by atoms with Gasteiger partial charge in [-0.15, -0.1) is 0 Å². The average molecular weight is 353 g/mol. The minimum atomic E-state index is -0.0667. The summed E-state index contributed by atoms with van der Waals surface area (Å²) in [6, 6.07) is 15.3. The van der Waals surface area contributed by atoms with E-state index in [0.29, 0.717) is 30.8 Å². The van der Waals surface area contributed by atoms with Gasteiger partial charge in [-0.1, -0.05) is 25.1 Å². The number of nitrogens with zero attached hydrogens (tertiary/aromatic N) is 2. The second kappa shape index (κ2) is 9.04. The van der Waals surface area contributed by atoms with E-state index in [1.165, 1.54) is 0 Å². The summed E-state index contributed by atoms with van der Waals surface area (Å²) in [5.41, 5.74) is 3.43. The quantitative estimate of drug-likeness (QED) is 0.824. The summed E-state index contributed by atoms with van der Waals surface area (Å²) < 4.78 is 0. The zero-order chi connectivity index (χ0) is 19.1. The molecule has 0 aromatic heterocycles. The first kappa shape index (κ1) is 19.5. The average Bonchev–Trinajstić information content (AvgIpc) is 2.66. The molecule has 2 aromatic carbocycles. The summed E-state index contributed by atoms with van der Waals surface area (Å²) in [5.74, 6) is -0.111. The van der Waals surface area contributed by atoms with Crippen molar-refractivity contribution in [2.24, 2.45) is 0 Å². The van der Waals surface area contributed by atoms with Crippen molar-refractivity contribution in [3.8, 4) is 0 Å². The third kappa shape index (κ3) is 5.09. The minimum absolute atomic E-state index is 0.0446. The van der Waals surface area contributed by atoms with Crippen molar-refractivity contribution >= 4 is 23.2 Å². The first-order valence-corrected chi connectivity index (χ1v) is 8.90. The molecule has 0 saturated carbocycles. The van der Waals surface area contributed by atoms with Crippen molar-refractivity contribution in [2.45, 2.75) is 26.8 Å². The standard InChI is InChI=1S/C21H27N3O2/c1-5-20(25)22-18-9-7-8-17(14-18)21(26)24(6-2)15-16-10-12-19(13-11-16)23(3)4/h7-14H,5-6,15H2,1-4H3,(H,22,25). The monoisotopic (exact) mass is 353 g/mol. The fourth-order valence-electron chi connectivity index (χ4n) is 2.61. The van der Waals surface area contributed by atoms with E-state index in [9.17, 15) is 9.59 Å². The number of amides is 2. The van der Waals surface area contributed by atoms with Crippen LogP contribution in [0.5, 0.6) is 0 Å². The molecule has 0 unspecified atom stereocenters. The van der Waals surface area contributed by atoms with Crippen LogP contribution in [-0.4, -0.2) is 37.4 Å². The predicted octanol–water partition coefficient (Wildman–Crippen LogP) is 3.76. The van der Waals surface area contributed by atoms with Crippen LogP contribution in [0.15, 0.2) is 48.5 Å². The number of anilines is 2. The van der Waals surface area contributed by atoms with Gasteiger partial charge in [-0.2, -0.15) is 0 Å². The highest BCUT2D eigenvalue weighted by atomic mass is 16.2. The highest BCUT2D eigenvalue weighted by molar-refractivity contribution is 5.97. The summed E-state index contributed by atoms with van der Waals surface area (Å²) in [6.45, 7) is 4.92. The maximum Gasteiger partial charge on any atom is 0.254 e. The van der Waals surface area contributed by atoms with Crippen molar-refractivity contribution < 1.29 is 9.59 Å². The molecule has 0 saturated heterocycles. The maximum absolute atomic E-state index is 12.9. The molecule has 0 atom stereocenters. The Kier molecular flexibility index (Phi) is 6.78. The van der Waals surface area contributed by atoms with Crippen LogP contribution in [0, 0.1) is 0 Å². The minimum Gasteiger partial charge on any atom is -0.378 e. The van der Waals surface area contributed by atoms with Crippen molar-refractivity contribution in [1.29, 1.82) is 0 Å². The predicted molar refractivity (Wildman–Crippen MR) is 107 cm³/mol. The molecule has 1 N–H and O–H groups in total. The van der Waals surface area contributed by atoms with Gasteiger partial charge >= 0.3 is 0 Å². The lowest BCUT2D eigenvalue weighted by Crippen LogP contribution is -2.30. The van der Waals surface area contributed by atoms with Crippen LogP contribution in [0.2, 0.25) is 0 Å². The number of hydrogen-bond donors (Lipinski definition) is 1. The molecule has 0 aliphatic carbocycles. The lowest BCUT2D eigenvalue weighted by atomic mass is 10.1. The van der Waals surface area contributed by atoms with Gasteiger partial charge in [0.1, 0.15) is 0 Å². The third-order valence-electron chi connectivity index (χ3n) is 4.21. The molecule has 0 spiro atoms. The molecule has 26 heavy (non-hydrogen) atoms. The topological polar surface area (TPSA) is 52.7 Å². The van der Waals surface area contributed by atoms with Crippen LogP contribution in [0.3, 0.4) is 0 Å². The van der Waals surface area contributed by atoms with Crippen LogP contribution < -0.4 is 10.2 Å². The Bertz CT molecular complexity index is 754. The second-order valence-corrected chi connectivity index (χ2v) is 6.36. The first-order chi connectivity index (χ1) is 12.4. The van der Waals surface area contributed by atoms with E-state index in [0.717, 1.165) is 11.3 Å². The summed E-state index contributed by atoms with van der Waals surface area (Å²) in [7, 11) is 4.00. The molecule has 5 nitrogen and oxygen atoms in total. The molecule has 2 amide bonds. The molecule has 0 aliphatic heterocycles. The Morgan fingerprint density at radius 2 is 1.69 bits per heavy atom. The van der Waals surface area contributed by atoms with Gasteiger partial charge in [0.15, 0.2) is 0 Å². The molecule has 5 heteroatoms. The summed E-state index contributed by atoms with van der Waals surface area (Å²) in [4.78, 5) is 28.3. The van der Waals surface area contributed by atoms with Gasteiger partial charge < -0.3 is 15.1 Å². The normalized spacial score (nSPS) is 10.3. The van der Waals surface area contributed by atoms with E-state index in [1.807, 2.05) is 38.1 Å². The number of carbonyl (C=O) groups is 2. The van der Waals surface area contributed by atoms with Crippen LogP contribution in [0.25, 0.3) is 0 Å². The van der Waals surface area contributed by atoms with Gasteiger partial charge in [-0.3, -0.25) is 9.59 Å². The molecule has 0 aliphatic rings. The van der Waals surface area contributed by atoms with Gasteiger partial charge in [0.25, 0.3) is 5.91 Å². The second-order valence-electron chi connectivity index (χ2n) is 6.36. The molecule has 0 radical (unpaired) electrons. The van der Waals surface area contributed by atoms with Crippen LogP contribution in [0.4, 0.5) is 11.4 Å². The van der Waals surface area contributed by atoms with E-state index in [2.05, 4.69) is 17.4 Å². The van der Waals surface area contributed by atoms with Crippen LogP contribution in [-0.2, 0) is 11.3 Å². The fraction of sp³-hybridized carbons (Fsp3) is 0.333. The van der Waals surface area contributed by atoms with Gasteiger partial charge in [-0.25, -0.2) is 0 Å². The van der Waals surface area contributed by atoms with E-state index >= 15 is 0 Å². The molecule has 138 valence electrons. The van der Waals surface area contributed by atoms with Crippen molar-refractivity contribution in [2.75, 3.05) is 30.9 Å². The number of hydrogen-bond acceptors (Lipinski definition) is 3. The Morgan fingerprint density at radius 1 is 1.00 bits per heavy atom. The Balaban J connectivity index is 2.12. The fourth-order valence-corrected chi connectivity index (χ4v) is 2.61. The molecule has 2 rings (SSSR count). The molecular weight excluding hydrogens is 326 g/mol. The Morgan fingerprint density at radius 3 is 2.27 bits per heavy atom. The largest absolute Gasteiger partial charge is 0.378 e. The Hall–Kier alpha value is -2.82. The third-order valence-corrected chi connectivity index (χ3v) is 4.21. The van der Waals surface area contributed by atoms with E-state index in [-0.39, 0.29) is 11.8 Å². The zero-order valence-electron chi connectivity index (χ0n) is 16.0. The van der Waals surface area contributed by atoms with Crippen LogP contribution >= 0.6 is 0 Å². The van der Waals surface area contributed by atoms with Gasteiger partial charge in [0, 0.05) is 50.5 Å². The number of carbonyl (C=O) groups excluding carboxylic acids is 2. The van der Waals surface area contributed by atoms with E-state index < -0.39 is 0 Å².